The summed E-state index contributed by atoms with van der Waals surface area (Å²) in [5.41, 5.74) is 10.4. The number of hydrogen-bond acceptors (Lipinski definition) is 12. The van der Waals surface area contributed by atoms with Crippen LogP contribution in [0, 0.1) is 23.8 Å². The molecule has 9 rings (SSSR count). The van der Waals surface area contributed by atoms with Crippen LogP contribution < -0.4 is 20.6 Å². The molecule has 2 unspecified atom stereocenters. The van der Waals surface area contributed by atoms with E-state index in [0.717, 1.165) is 53.2 Å². The maximum absolute atomic E-state index is 12.9. The summed E-state index contributed by atoms with van der Waals surface area (Å²) in [5.74, 6) is 1.81. The van der Waals surface area contributed by atoms with E-state index in [-0.39, 0.29) is 60.9 Å². The van der Waals surface area contributed by atoms with E-state index in [2.05, 4.69) is 9.83 Å². The Bertz CT molecular complexity index is 3310. The molecule has 408 valence electrons. The van der Waals surface area contributed by atoms with E-state index in [1.807, 2.05) is 164 Å². The zero-order chi connectivity index (χ0) is 56.5. The molecule has 0 saturated carbocycles. The zero-order valence-electron chi connectivity index (χ0n) is 44.4. The number of likely N-dealkylation sites (tertiary alicyclic amines) is 2. The van der Waals surface area contributed by atoms with Crippen molar-refractivity contribution in [3.05, 3.63) is 232 Å². The molecule has 2 fully saturated rings. The Labute approximate surface area is 465 Å². The lowest BCUT2D eigenvalue weighted by molar-refractivity contribution is -0.146. The molecule has 16 nitrogen and oxygen atoms in total. The number of H-pyrrole nitrogens is 1. The number of aromatic nitrogens is 1. The minimum atomic E-state index is -0.508. The van der Waals surface area contributed by atoms with Crippen LogP contribution in [0.1, 0.15) is 72.9 Å². The summed E-state index contributed by atoms with van der Waals surface area (Å²) in [5, 5.41) is 9.72. The van der Waals surface area contributed by atoms with Crippen LogP contribution in [0.5, 0.6) is 23.0 Å². The number of carbonyl (C=O) groups excluding carboxylic acids is 4. The summed E-state index contributed by atoms with van der Waals surface area (Å²) < 4.78 is 27.1. The molecular weight excluding hydrogens is 1010 g/mol. The highest BCUT2D eigenvalue weighted by atomic mass is 16.6. The van der Waals surface area contributed by atoms with Crippen LogP contribution in [0.4, 0.5) is 9.59 Å². The molecule has 2 atom stereocenters. The molecule has 0 spiro atoms. The van der Waals surface area contributed by atoms with Crippen LogP contribution >= 0.6 is 0 Å². The van der Waals surface area contributed by atoms with Gasteiger partial charge in [-0.15, -0.1) is 0 Å². The molecule has 3 N–H and O–H groups in total. The fourth-order valence-electron chi connectivity index (χ4n) is 8.85. The second-order valence-corrected chi connectivity index (χ2v) is 18.6. The average molecular weight is 1080 g/mol. The van der Waals surface area contributed by atoms with E-state index in [0.29, 0.717) is 61.0 Å². The van der Waals surface area contributed by atoms with Crippen LogP contribution in [0.15, 0.2) is 187 Å². The quantitative estimate of drug-likeness (QED) is 0.0425. The monoisotopic (exact) mass is 1070 g/mol. The molecule has 2 aliphatic heterocycles. The predicted molar refractivity (Wildman–Crippen MR) is 303 cm³/mol. The fourth-order valence-corrected chi connectivity index (χ4v) is 8.85. The van der Waals surface area contributed by atoms with Crippen LogP contribution in [0.25, 0.3) is 21.8 Å². The molecule has 2 amide bonds. The molecule has 2 saturated heterocycles. The van der Waals surface area contributed by atoms with Gasteiger partial charge in [0.25, 0.3) is 0 Å². The van der Waals surface area contributed by atoms with Gasteiger partial charge in [-0.25, -0.2) is 14.4 Å². The minimum absolute atomic E-state index is 0.0559. The normalized spacial score (nSPS) is 14.7. The number of ketones is 1. The Hall–Kier alpha value is -9.93. The van der Waals surface area contributed by atoms with Gasteiger partial charge in [0.15, 0.2) is 11.6 Å². The Morgan fingerprint density at radius 1 is 0.675 bits per heavy atom. The smallest absolute Gasteiger partial charge is 0.410 e. The van der Waals surface area contributed by atoms with Crippen molar-refractivity contribution in [2.24, 2.45) is 11.7 Å². The van der Waals surface area contributed by atoms with E-state index >= 15 is 0 Å². The van der Waals surface area contributed by atoms with Gasteiger partial charge < -0.3 is 44.2 Å². The molecule has 7 aromatic rings. The third-order valence-corrected chi connectivity index (χ3v) is 12.9. The van der Waals surface area contributed by atoms with Gasteiger partial charge in [-0.3, -0.25) is 14.4 Å². The van der Waals surface area contributed by atoms with Crippen molar-refractivity contribution in [3.8, 4) is 40.3 Å². The average Bonchev–Trinajstić information content (AvgIpc) is 3.49. The first kappa shape index (κ1) is 57.8. The van der Waals surface area contributed by atoms with E-state index in [1.165, 1.54) is 12.3 Å². The first-order valence-corrected chi connectivity index (χ1v) is 26.3. The summed E-state index contributed by atoms with van der Waals surface area (Å²) in [6.07, 6.45) is 3.27. The van der Waals surface area contributed by atoms with Crippen LogP contribution in [0.2, 0.25) is 0 Å². The largest absolute Gasteiger partial charge is 0.466 e. The molecule has 2 aliphatic rings. The number of aromatic amines is 1. The van der Waals surface area contributed by atoms with Gasteiger partial charge in [0.2, 0.25) is 0 Å². The molecule has 0 radical (unpaired) electrons. The van der Waals surface area contributed by atoms with Crippen LogP contribution in [0.3, 0.4) is 0 Å². The maximum Gasteiger partial charge on any atom is 0.410 e. The highest BCUT2D eigenvalue weighted by Crippen LogP contribution is 2.31. The molecular formula is C64H62N6O10. The maximum atomic E-state index is 12.9. The second kappa shape index (κ2) is 30.1. The number of nitrogens with zero attached hydrogens (tertiary/aromatic N) is 4. The van der Waals surface area contributed by atoms with E-state index < -0.39 is 12.1 Å². The number of esters is 1. The van der Waals surface area contributed by atoms with Crippen LogP contribution in [-0.4, -0.2) is 71.5 Å². The van der Waals surface area contributed by atoms with Crippen LogP contribution in [-0.2, 0) is 37.0 Å². The summed E-state index contributed by atoms with van der Waals surface area (Å²) in [6.45, 7) is 11.0. The van der Waals surface area contributed by atoms with Crippen molar-refractivity contribution >= 4 is 29.6 Å². The number of ether oxygens (including phenoxy) is 5. The number of rotatable bonds is 15. The molecule has 0 aliphatic carbocycles. The summed E-state index contributed by atoms with van der Waals surface area (Å²) in [6, 6.07) is 56.1. The fraction of sp³-hybridized carbons (Fsp3) is 0.234. The predicted octanol–water partition coefficient (Wildman–Crippen LogP) is 12.4. The summed E-state index contributed by atoms with van der Waals surface area (Å²) in [4.78, 5) is 71.1. The minimum Gasteiger partial charge on any atom is -0.466 e. The number of para-hydroxylation sites is 2. The molecule has 6 aromatic carbocycles. The van der Waals surface area contributed by atoms with E-state index in [9.17, 15) is 29.2 Å². The van der Waals surface area contributed by atoms with Gasteiger partial charge in [-0.2, -0.15) is 5.26 Å². The van der Waals surface area contributed by atoms with E-state index in [1.54, 1.807) is 28.9 Å². The Morgan fingerprint density at radius 3 is 1.68 bits per heavy atom. The topological polar surface area (TPSA) is 208 Å². The van der Waals surface area contributed by atoms with Gasteiger partial charge in [-0.05, 0) is 116 Å². The number of piperidine rings is 2. The highest BCUT2D eigenvalue weighted by Gasteiger charge is 2.31. The van der Waals surface area contributed by atoms with Crippen molar-refractivity contribution in [1.29, 1.82) is 5.26 Å². The number of benzene rings is 6. The van der Waals surface area contributed by atoms with Crippen molar-refractivity contribution < 1.29 is 42.9 Å². The summed E-state index contributed by atoms with van der Waals surface area (Å²) in [7, 11) is 0. The van der Waals surface area contributed by atoms with Gasteiger partial charge in [0.1, 0.15) is 60.0 Å². The number of nitrogens with two attached hydrogens (primary N) is 1. The number of amides is 2. The van der Waals surface area contributed by atoms with Crippen molar-refractivity contribution in [3.63, 3.8) is 0 Å². The number of hydrogen-bond donors (Lipinski definition) is 2. The molecule has 16 heteroatoms. The van der Waals surface area contributed by atoms with Crippen molar-refractivity contribution in [2.75, 3.05) is 32.8 Å². The standard InChI is InChI=1S/C31H27N3O4.C18H23NO5.C15H12N2O/c32-19-27-29(35)18-28(24-10-7-17-34(20-24)31(36)37-21-22-8-3-1-4-9-22)33-30(27)23-13-15-26(16-14-23)38-25-11-5-2-6-12-25;1-2-23-17(21)11-16(20)15-9-6-10-19(12-15)18(22)24-13-14-7-4-3-5-8-14;1-17-11-15(16)12-7-9-14(10-8-12)18-13-5-3-2-4-6-13/h1-6,8-9,11-16,18,24H,7,10,17,20-21H2,(H,33,35);3-5,7-8,15H,2,6,9-13H2,1H3;2-11H,16H2/b;;15-11-. The Kier molecular flexibility index (Phi) is 21.8. The Balaban J connectivity index is 0.000000188. The summed E-state index contributed by atoms with van der Waals surface area (Å²) >= 11 is 0. The molecule has 0 bridgehead atoms. The third kappa shape index (κ3) is 17.6. The number of nitrogens with one attached hydrogen (secondary N) is 1. The molecule has 3 heterocycles. The first-order valence-electron chi connectivity index (χ1n) is 26.3. The van der Waals surface area contributed by atoms with Gasteiger partial charge >= 0.3 is 18.2 Å². The number of pyridine rings is 1. The SMILES string of the molecule is CCOC(=O)CC(=O)C1CCCN(C(=O)OCc2ccccc2)C1.N#Cc1c(-c2ccc(Oc3ccccc3)cc2)[nH]c(C2CCCN(C(=O)OCc3ccccc3)C2)cc1=O.[C-]#[N+]/C=C(\N)c1ccc(Oc2ccccc2)cc1. The van der Waals surface area contributed by atoms with E-state index in [4.69, 9.17) is 36.0 Å². The molecule has 80 heavy (non-hydrogen) atoms. The molecule has 1 aromatic heterocycles. The number of nitriles is 1. The zero-order valence-corrected chi connectivity index (χ0v) is 44.4. The van der Waals surface area contributed by atoms with Gasteiger partial charge in [0, 0.05) is 55.5 Å². The lowest BCUT2D eigenvalue weighted by Crippen LogP contribution is -2.42. The number of Topliss-reactive ketones (excluding diaryl/α,β-unsaturated/α-hetero) is 1. The lowest BCUT2D eigenvalue weighted by Gasteiger charge is -2.32. The lowest BCUT2D eigenvalue weighted by atomic mass is 9.92. The Morgan fingerprint density at radius 2 is 1.16 bits per heavy atom. The van der Waals surface area contributed by atoms with Gasteiger partial charge in [0.05, 0.1) is 18.9 Å². The number of carbonyl (C=O) groups is 4. The van der Waals surface area contributed by atoms with Crippen molar-refractivity contribution in [2.45, 2.75) is 58.2 Å². The van der Waals surface area contributed by atoms with Gasteiger partial charge in [-0.1, -0.05) is 109 Å². The first-order chi connectivity index (χ1) is 39.0. The second-order valence-electron chi connectivity index (χ2n) is 18.6. The van der Waals surface area contributed by atoms with Crippen molar-refractivity contribution in [1.82, 2.24) is 14.8 Å². The highest BCUT2D eigenvalue weighted by molar-refractivity contribution is 5.97. The third-order valence-electron chi connectivity index (χ3n) is 12.9.